The Morgan fingerprint density at radius 3 is 2.58 bits per heavy atom. The Morgan fingerprint density at radius 2 is 2.00 bits per heavy atom. The molecule has 0 bridgehead atoms. The zero-order chi connectivity index (χ0) is 18.6. The number of pyridine rings is 1. The lowest BCUT2D eigenvalue weighted by atomic mass is 10.1. The van der Waals surface area contributed by atoms with E-state index in [1.807, 2.05) is 37.3 Å². The highest BCUT2D eigenvalue weighted by Gasteiger charge is 2.34. The molecule has 2 heterocycles. The lowest BCUT2D eigenvalue weighted by Gasteiger charge is -2.26. The fourth-order valence-corrected chi connectivity index (χ4v) is 4.90. The topological polar surface area (TPSA) is 79.4 Å². The van der Waals surface area contributed by atoms with Gasteiger partial charge in [0.05, 0.1) is 17.1 Å². The second kappa shape index (κ2) is 7.86. The van der Waals surface area contributed by atoms with Crippen LogP contribution in [0.15, 0.2) is 48.7 Å². The predicted molar refractivity (Wildman–Crippen MR) is 102 cm³/mol. The summed E-state index contributed by atoms with van der Waals surface area (Å²) in [4.78, 5) is 18.7. The van der Waals surface area contributed by atoms with Crippen molar-refractivity contribution in [3.63, 3.8) is 0 Å². The van der Waals surface area contributed by atoms with Crippen LogP contribution in [0.3, 0.4) is 0 Å². The van der Waals surface area contributed by atoms with Gasteiger partial charge in [0, 0.05) is 25.3 Å². The Morgan fingerprint density at radius 1 is 1.23 bits per heavy atom. The van der Waals surface area contributed by atoms with Crippen molar-refractivity contribution in [1.29, 1.82) is 0 Å². The van der Waals surface area contributed by atoms with Gasteiger partial charge in [0.1, 0.15) is 5.82 Å². The molecule has 6 nitrogen and oxygen atoms in total. The van der Waals surface area contributed by atoms with E-state index in [2.05, 4.69) is 10.3 Å². The van der Waals surface area contributed by atoms with Crippen molar-refractivity contribution in [2.24, 2.45) is 0 Å². The molecule has 1 aromatic heterocycles. The smallest absolute Gasteiger partial charge is 0.255 e. The SMILES string of the molecule is CCN(C(=O)c1ccc(NCc2ccccc2)nc1)C1CCS(=O)(=O)C1. The van der Waals surface area contributed by atoms with E-state index in [0.29, 0.717) is 30.9 Å². The number of hydrogen-bond donors (Lipinski definition) is 1. The molecule has 1 unspecified atom stereocenters. The van der Waals surface area contributed by atoms with Crippen molar-refractivity contribution in [2.45, 2.75) is 25.9 Å². The van der Waals surface area contributed by atoms with Crippen LogP contribution in [0, 0.1) is 0 Å². The average Bonchev–Trinajstić information content (AvgIpc) is 3.01. The van der Waals surface area contributed by atoms with E-state index in [9.17, 15) is 13.2 Å². The summed E-state index contributed by atoms with van der Waals surface area (Å²) in [5.74, 6) is 0.729. The summed E-state index contributed by atoms with van der Waals surface area (Å²) in [6, 6.07) is 13.2. The van der Waals surface area contributed by atoms with Crippen molar-refractivity contribution < 1.29 is 13.2 Å². The van der Waals surface area contributed by atoms with Gasteiger partial charge in [-0.15, -0.1) is 0 Å². The third kappa shape index (κ3) is 4.40. The van der Waals surface area contributed by atoms with E-state index < -0.39 is 9.84 Å². The Bertz CT molecular complexity index is 851. The minimum atomic E-state index is -3.03. The van der Waals surface area contributed by atoms with E-state index in [1.165, 1.54) is 0 Å². The van der Waals surface area contributed by atoms with E-state index in [0.717, 1.165) is 5.56 Å². The normalized spacial score (nSPS) is 18.4. The highest BCUT2D eigenvalue weighted by molar-refractivity contribution is 7.91. The molecule has 1 N–H and O–H groups in total. The quantitative estimate of drug-likeness (QED) is 0.841. The zero-order valence-corrected chi connectivity index (χ0v) is 15.6. The first-order valence-electron chi connectivity index (χ1n) is 8.74. The number of aromatic nitrogens is 1. The first-order chi connectivity index (χ1) is 12.5. The van der Waals surface area contributed by atoms with Crippen LogP contribution in [0.1, 0.15) is 29.3 Å². The molecule has 1 atom stereocenters. The molecule has 138 valence electrons. The van der Waals surface area contributed by atoms with Gasteiger partial charge in [-0.25, -0.2) is 13.4 Å². The number of benzene rings is 1. The highest BCUT2D eigenvalue weighted by atomic mass is 32.2. The molecule has 1 saturated heterocycles. The number of nitrogens with zero attached hydrogens (tertiary/aromatic N) is 2. The molecule has 1 aliphatic heterocycles. The van der Waals surface area contributed by atoms with Crippen LogP contribution >= 0.6 is 0 Å². The van der Waals surface area contributed by atoms with Crippen LogP contribution in [0.5, 0.6) is 0 Å². The van der Waals surface area contributed by atoms with Crippen molar-refractivity contribution in [3.8, 4) is 0 Å². The van der Waals surface area contributed by atoms with Gasteiger partial charge < -0.3 is 10.2 Å². The second-order valence-corrected chi connectivity index (χ2v) is 8.65. The van der Waals surface area contributed by atoms with Crippen LogP contribution < -0.4 is 5.32 Å². The average molecular weight is 373 g/mol. The van der Waals surface area contributed by atoms with Crippen LogP contribution in [-0.4, -0.2) is 48.3 Å². The van der Waals surface area contributed by atoms with Gasteiger partial charge in [-0.05, 0) is 31.0 Å². The number of nitrogens with one attached hydrogen (secondary N) is 1. The summed E-state index contributed by atoms with van der Waals surface area (Å²) in [6.07, 6.45) is 2.05. The first-order valence-corrected chi connectivity index (χ1v) is 10.6. The van der Waals surface area contributed by atoms with Crippen LogP contribution in [0.4, 0.5) is 5.82 Å². The monoisotopic (exact) mass is 373 g/mol. The molecule has 3 rings (SSSR count). The summed E-state index contributed by atoms with van der Waals surface area (Å²) in [7, 11) is -3.03. The summed E-state index contributed by atoms with van der Waals surface area (Å²) < 4.78 is 23.4. The first kappa shape index (κ1) is 18.4. The van der Waals surface area contributed by atoms with Gasteiger partial charge in [-0.3, -0.25) is 4.79 Å². The van der Waals surface area contributed by atoms with Gasteiger partial charge >= 0.3 is 0 Å². The van der Waals surface area contributed by atoms with Crippen molar-refractivity contribution in [1.82, 2.24) is 9.88 Å². The number of sulfone groups is 1. The Hall–Kier alpha value is -2.41. The maximum absolute atomic E-state index is 12.7. The van der Waals surface area contributed by atoms with Crippen molar-refractivity contribution in [2.75, 3.05) is 23.4 Å². The third-order valence-electron chi connectivity index (χ3n) is 4.58. The Labute approximate surface area is 154 Å². The van der Waals surface area contributed by atoms with Crippen LogP contribution in [0.2, 0.25) is 0 Å². The molecule has 1 aliphatic rings. The fourth-order valence-electron chi connectivity index (χ4n) is 3.17. The Kier molecular flexibility index (Phi) is 5.56. The van der Waals surface area contributed by atoms with E-state index in [1.54, 1.807) is 23.2 Å². The van der Waals surface area contributed by atoms with Gasteiger partial charge in [0.2, 0.25) is 0 Å². The van der Waals surface area contributed by atoms with Crippen molar-refractivity contribution in [3.05, 3.63) is 59.8 Å². The molecule has 7 heteroatoms. The number of carbonyl (C=O) groups excluding carboxylic acids is 1. The van der Waals surface area contributed by atoms with Gasteiger partial charge in [0.15, 0.2) is 9.84 Å². The van der Waals surface area contributed by atoms with Crippen LogP contribution in [0.25, 0.3) is 0 Å². The lowest BCUT2D eigenvalue weighted by molar-refractivity contribution is 0.0708. The Balaban J connectivity index is 1.64. The standard InChI is InChI=1S/C19H23N3O3S/c1-2-22(17-10-11-26(24,25)14-17)19(23)16-8-9-18(21-13-16)20-12-15-6-4-3-5-7-15/h3-9,13,17H,2,10-12,14H2,1H3,(H,20,21). The lowest BCUT2D eigenvalue weighted by Crippen LogP contribution is -2.41. The van der Waals surface area contributed by atoms with E-state index in [-0.39, 0.29) is 23.5 Å². The molecule has 0 aliphatic carbocycles. The predicted octanol–water partition coefficient (Wildman–Crippen LogP) is 2.34. The fraction of sp³-hybridized carbons (Fsp3) is 0.368. The number of anilines is 1. The number of rotatable bonds is 6. The zero-order valence-electron chi connectivity index (χ0n) is 14.8. The second-order valence-electron chi connectivity index (χ2n) is 6.42. The van der Waals surface area contributed by atoms with E-state index in [4.69, 9.17) is 0 Å². The van der Waals surface area contributed by atoms with Crippen molar-refractivity contribution >= 4 is 21.6 Å². The third-order valence-corrected chi connectivity index (χ3v) is 6.33. The maximum atomic E-state index is 12.7. The molecular weight excluding hydrogens is 350 g/mol. The highest BCUT2D eigenvalue weighted by Crippen LogP contribution is 2.20. The molecule has 1 fully saturated rings. The van der Waals surface area contributed by atoms with E-state index >= 15 is 0 Å². The molecule has 0 saturated carbocycles. The molecule has 26 heavy (non-hydrogen) atoms. The largest absolute Gasteiger partial charge is 0.366 e. The summed E-state index contributed by atoms with van der Waals surface area (Å²) in [5.41, 5.74) is 1.62. The maximum Gasteiger partial charge on any atom is 0.255 e. The van der Waals surface area contributed by atoms with Gasteiger partial charge in [-0.1, -0.05) is 30.3 Å². The summed E-state index contributed by atoms with van der Waals surface area (Å²) >= 11 is 0. The number of carbonyl (C=O) groups is 1. The summed E-state index contributed by atoms with van der Waals surface area (Å²) in [5, 5.41) is 3.22. The summed E-state index contributed by atoms with van der Waals surface area (Å²) in [6.45, 7) is 3.00. The number of hydrogen-bond acceptors (Lipinski definition) is 5. The van der Waals surface area contributed by atoms with Gasteiger partial charge in [-0.2, -0.15) is 0 Å². The molecule has 0 spiro atoms. The molecule has 2 aromatic rings. The van der Waals surface area contributed by atoms with Gasteiger partial charge in [0.25, 0.3) is 5.91 Å². The molecular formula is C19H23N3O3S. The number of amides is 1. The van der Waals surface area contributed by atoms with Crippen LogP contribution in [-0.2, 0) is 16.4 Å². The molecule has 1 amide bonds. The molecule has 0 radical (unpaired) electrons. The molecule has 1 aromatic carbocycles. The minimum absolute atomic E-state index is 0.0523. The minimum Gasteiger partial charge on any atom is -0.366 e.